The minimum Gasteiger partial charge on any atom is -0.385 e. The summed E-state index contributed by atoms with van der Waals surface area (Å²) in [4.78, 5) is 16.1. The van der Waals surface area contributed by atoms with Crippen LogP contribution in [0.5, 0.6) is 0 Å². The lowest BCUT2D eigenvalue weighted by molar-refractivity contribution is -0.120. The van der Waals surface area contributed by atoms with Gasteiger partial charge in [0.05, 0.1) is 6.42 Å². The number of fused-ring (bicyclic) bond motifs is 2. The Morgan fingerprint density at radius 3 is 2.70 bits per heavy atom. The van der Waals surface area contributed by atoms with Crippen LogP contribution in [0.4, 0.5) is 18.9 Å². The van der Waals surface area contributed by atoms with Crippen LogP contribution in [-0.4, -0.2) is 33.1 Å². The number of nitrogens with two attached hydrogens (primary N) is 1. The zero-order chi connectivity index (χ0) is 19.6. The van der Waals surface area contributed by atoms with Gasteiger partial charge >= 0.3 is 0 Å². The molecule has 1 spiro atoms. The van der Waals surface area contributed by atoms with E-state index in [-0.39, 0.29) is 17.7 Å². The Bertz CT molecular complexity index is 981. The van der Waals surface area contributed by atoms with E-state index in [4.69, 9.17) is 5.73 Å². The topological polar surface area (TPSA) is 85.3 Å². The van der Waals surface area contributed by atoms with Crippen molar-refractivity contribution in [1.82, 2.24) is 9.78 Å². The van der Waals surface area contributed by atoms with E-state index in [1.165, 1.54) is 10.7 Å². The summed E-state index contributed by atoms with van der Waals surface area (Å²) in [5, 5.41) is 6.63. The quantitative estimate of drug-likeness (QED) is 0.843. The molecule has 1 aliphatic heterocycles. The number of aliphatic imine (C=N–C) groups is 1. The molecule has 2 aliphatic rings. The second kappa shape index (κ2) is 5.34. The van der Waals surface area contributed by atoms with Crippen LogP contribution in [0.3, 0.4) is 0 Å². The number of benzene rings is 1. The minimum atomic E-state index is -3.39. The first kappa shape index (κ1) is 17.6. The van der Waals surface area contributed by atoms with Crippen LogP contribution >= 0.6 is 0 Å². The fourth-order valence-electron chi connectivity index (χ4n) is 3.67. The van der Waals surface area contributed by atoms with Gasteiger partial charge in [0.1, 0.15) is 5.84 Å². The van der Waals surface area contributed by atoms with Crippen LogP contribution < -0.4 is 11.1 Å². The van der Waals surface area contributed by atoms with Crippen molar-refractivity contribution in [3.63, 3.8) is 0 Å². The van der Waals surface area contributed by atoms with E-state index in [0.29, 0.717) is 11.3 Å². The fraction of sp³-hybridized carbons (Fsp3) is 0.389. The first-order valence-corrected chi connectivity index (χ1v) is 8.41. The van der Waals surface area contributed by atoms with Crippen LogP contribution in [0, 0.1) is 0 Å². The molecule has 1 amide bonds. The Morgan fingerprint density at radius 1 is 1.30 bits per heavy atom. The van der Waals surface area contributed by atoms with E-state index in [1.54, 1.807) is 31.4 Å². The highest BCUT2D eigenvalue weighted by Crippen LogP contribution is 2.57. The van der Waals surface area contributed by atoms with Crippen LogP contribution in [0.15, 0.2) is 35.5 Å². The monoisotopic (exact) mass is 377 g/mol. The number of nitrogens with one attached hydrogen (secondary N) is 1. The van der Waals surface area contributed by atoms with Crippen molar-refractivity contribution < 1.29 is 18.0 Å². The summed E-state index contributed by atoms with van der Waals surface area (Å²) in [5.74, 6) is -4.28. The molecule has 0 saturated carbocycles. The third-order valence-corrected chi connectivity index (χ3v) is 5.21. The van der Waals surface area contributed by atoms with Crippen molar-refractivity contribution in [2.75, 3.05) is 5.32 Å². The molecule has 0 saturated heterocycles. The highest BCUT2D eigenvalue weighted by atomic mass is 19.3. The van der Waals surface area contributed by atoms with E-state index < -0.39 is 35.3 Å². The van der Waals surface area contributed by atoms with Gasteiger partial charge < -0.3 is 11.1 Å². The van der Waals surface area contributed by atoms with Gasteiger partial charge in [-0.05, 0) is 36.2 Å². The van der Waals surface area contributed by atoms with Gasteiger partial charge in [-0.1, -0.05) is 6.07 Å². The molecule has 142 valence electrons. The number of aromatic nitrogens is 2. The zero-order valence-corrected chi connectivity index (χ0v) is 14.8. The Hall–Kier alpha value is -2.84. The van der Waals surface area contributed by atoms with Crippen molar-refractivity contribution >= 4 is 17.4 Å². The SMILES string of the molecule is Cn1ccc(C(=O)Nc2ccc3c(c2)[C@@]2(C3)N=C(N)[C@](C)(F)CC2(F)F)n1. The molecule has 9 heteroatoms. The smallest absolute Gasteiger partial charge is 0.280 e. The van der Waals surface area contributed by atoms with E-state index >= 15 is 0 Å². The molecular formula is C18H18F3N5O. The molecule has 4 rings (SSSR count). The average molecular weight is 377 g/mol. The maximum absolute atomic E-state index is 14.8. The first-order valence-electron chi connectivity index (χ1n) is 8.41. The van der Waals surface area contributed by atoms with Gasteiger partial charge in [0, 0.05) is 25.4 Å². The lowest BCUT2D eigenvalue weighted by atomic mass is 9.63. The minimum absolute atomic E-state index is 0.0272. The van der Waals surface area contributed by atoms with Gasteiger partial charge in [0.25, 0.3) is 11.8 Å². The van der Waals surface area contributed by atoms with Gasteiger partial charge in [-0.25, -0.2) is 13.2 Å². The summed E-state index contributed by atoms with van der Waals surface area (Å²) >= 11 is 0. The number of amides is 1. The van der Waals surface area contributed by atoms with Crippen LogP contribution in [0.25, 0.3) is 0 Å². The van der Waals surface area contributed by atoms with Crippen molar-refractivity contribution in [2.45, 2.75) is 36.9 Å². The third kappa shape index (κ3) is 2.52. The second-order valence-electron chi connectivity index (χ2n) is 7.31. The van der Waals surface area contributed by atoms with E-state index in [0.717, 1.165) is 6.92 Å². The molecular weight excluding hydrogens is 359 g/mol. The average Bonchev–Trinajstić information content (AvgIpc) is 2.98. The fourth-order valence-corrected chi connectivity index (χ4v) is 3.67. The number of carbonyl (C=O) groups excluding carboxylic acids is 1. The molecule has 1 aromatic heterocycles. The molecule has 1 aromatic carbocycles. The molecule has 2 heterocycles. The second-order valence-corrected chi connectivity index (χ2v) is 7.31. The van der Waals surface area contributed by atoms with Crippen molar-refractivity contribution in [3.8, 4) is 0 Å². The molecule has 6 nitrogen and oxygen atoms in total. The predicted octanol–water partition coefficient (Wildman–Crippen LogP) is 2.55. The van der Waals surface area contributed by atoms with E-state index in [9.17, 15) is 18.0 Å². The van der Waals surface area contributed by atoms with Crippen molar-refractivity contribution in [1.29, 1.82) is 0 Å². The van der Waals surface area contributed by atoms with Crippen molar-refractivity contribution in [3.05, 3.63) is 47.3 Å². The molecule has 1 aliphatic carbocycles. The van der Waals surface area contributed by atoms with Crippen LogP contribution in [0.1, 0.15) is 35.0 Å². The highest BCUT2D eigenvalue weighted by Gasteiger charge is 2.66. The molecule has 3 N–H and O–H groups in total. The molecule has 2 aromatic rings. The number of carbonyl (C=O) groups is 1. The number of nitrogens with zero attached hydrogens (tertiary/aromatic N) is 3. The van der Waals surface area contributed by atoms with Gasteiger partial charge in [-0.3, -0.25) is 14.5 Å². The summed E-state index contributed by atoms with van der Waals surface area (Å²) in [6.07, 6.45) is 0.565. The number of hydrogen-bond donors (Lipinski definition) is 2. The third-order valence-electron chi connectivity index (χ3n) is 5.21. The number of halogens is 3. The summed E-state index contributed by atoms with van der Waals surface area (Å²) in [6.45, 7) is 1.01. The summed E-state index contributed by atoms with van der Waals surface area (Å²) in [5.41, 5.74) is 2.86. The lowest BCUT2D eigenvalue weighted by Gasteiger charge is -2.50. The molecule has 0 bridgehead atoms. The zero-order valence-electron chi connectivity index (χ0n) is 14.8. The van der Waals surface area contributed by atoms with Crippen LogP contribution in [0.2, 0.25) is 0 Å². The van der Waals surface area contributed by atoms with Crippen LogP contribution in [-0.2, 0) is 19.0 Å². The molecule has 0 radical (unpaired) electrons. The maximum atomic E-state index is 14.8. The molecule has 0 fully saturated rings. The van der Waals surface area contributed by atoms with E-state index in [1.807, 2.05) is 0 Å². The van der Waals surface area contributed by atoms with Gasteiger partial charge in [-0.2, -0.15) is 5.10 Å². The summed E-state index contributed by atoms with van der Waals surface area (Å²) in [7, 11) is 1.68. The molecule has 0 unspecified atom stereocenters. The Morgan fingerprint density at radius 2 is 2.04 bits per heavy atom. The number of amidine groups is 1. The Balaban J connectivity index is 1.68. The van der Waals surface area contributed by atoms with Crippen molar-refractivity contribution in [2.24, 2.45) is 17.8 Å². The van der Waals surface area contributed by atoms with E-state index in [2.05, 4.69) is 15.4 Å². The van der Waals surface area contributed by atoms with Gasteiger partial charge in [0.2, 0.25) is 0 Å². The summed E-state index contributed by atoms with van der Waals surface area (Å²) in [6, 6.07) is 6.27. The predicted molar refractivity (Wildman–Crippen MR) is 93.7 cm³/mol. The number of anilines is 1. The summed E-state index contributed by atoms with van der Waals surface area (Å²) < 4.78 is 45.4. The molecule has 2 atom stereocenters. The Kier molecular flexibility index (Phi) is 3.47. The lowest BCUT2D eigenvalue weighted by Crippen LogP contribution is -2.61. The number of rotatable bonds is 2. The largest absolute Gasteiger partial charge is 0.385 e. The number of aryl methyl sites for hydroxylation is 1. The van der Waals surface area contributed by atoms with Gasteiger partial charge in [0.15, 0.2) is 16.9 Å². The standard InChI is InChI=1S/C18H18F3N5O/c1-16(19)9-18(20,21)17(24-15(16)22)8-10-3-4-11(7-12(10)17)23-14(27)13-5-6-26(2)25-13/h3-7H,8-9H2,1-2H3,(H2,22,24)(H,23,27)/t16-,17-/m1/s1. The highest BCUT2D eigenvalue weighted by molar-refractivity contribution is 6.03. The maximum Gasteiger partial charge on any atom is 0.280 e. The number of alkyl halides is 3. The first-order chi connectivity index (χ1) is 12.5. The molecule has 27 heavy (non-hydrogen) atoms. The number of hydrogen-bond acceptors (Lipinski definition) is 4. The normalized spacial score (nSPS) is 28.3. The van der Waals surface area contributed by atoms with Gasteiger partial charge in [-0.15, -0.1) is 0 Å². The Labute approximate surface area is 153 Å².